The van der Waals surface area contributed by atoms with Crippen LogP contribution in [0.2, 0.25) is 0 Å². The molecule has 0 saturated heterocycles. The van der Waals surface area contributed by atoms with Gasteiger partial charge in [0, 0.05) is 20.7 Å². The first-order valence-corrected chi connectivity index (χ1v) is 6.74. The van der Waals surface area contributed by atoms with E-state index in [1.165, 1.54) is 11.1 Å². The molecule has 0 spiro atoms. The molecule has 0 saturated carbocycles. The van der Waals surface area contributed by atoms with Crippen molar-refractivity contribution < 1.29 is 4.74 Å². The molecule has 0 radical (unpaired) electrons. The van der Waals surface area contributed by atoms with E-state index in [9.17, 15) is 0 Å². The Morgan fingerprint density at radius 3 is 2.23 bits per heavy atom. The van der Waals surface area contributed by atoms with Gasteiger partial charge in [-0.3, -0.25) is 0 Å². The molecule has 1 nitrogen and oxygen atoms in total. The zero-order valence-corrected chi connectivity index (χ0v) is 11.9. The predicted octanol–water partition coefficient (Wildman–Crippen LogP) is 4.25. The van der Waals surface area contributed by atoms with Gasteiger partial charge < -0.3 is 4.74 Å². The monoisotopic (exact) mass is 370 g/mol. The second-order valence-electron chi connectivity index (χ2n) is 2.47. The third-order valence-corrected chi connectivity index (χ3v) is 3.68. The molecule has 0 heterocycles. The maximum atomic E-state index is 5.26. The highest BCUT2D eigenvalue weighted by Gasteiger charge is 2.10. The number of hydrogen-bond donors (Lipinski definition) is 0. The fourth-order valence-corrected chi connectivity index (χ4v) is 3.27. The summed E-state index contributed by atoms with van der Waals surface area (Å²) < 4.78 is 6.37. The molecule has 0 aromatic heterocycles. The van der Waals surface area contributed by atoms with Crippen LogP contribution in [-0.4, -0.2) is 7.11 Å². The third-order valence-electron chi connectivity index (χ3n) is 1.82. The number of methoxy groups -OCH3 is 1. The molecule has 13 heavy (non-hydrogen) atoms. The Balaban J connectivity index is 3.27. The molecule has 0 amide bonds. The molecule has 1 aromatic rings. The average molecular weight is 373 g/mol. The Kier molecular flexibility index (Phi) is 4.76. The lowest BCUT2D eigenvalue weighted by Gasteiger charge is -2.11. The van der Waals surface area contributed by atoms with Crippen molar-refractivity contribution in [3.05, 3.63) is 27.7 Å². The first-order chi connectivity index (χ1) is 6.24. The SMILES string of the molecule is COc1ccc(Br)c(CBr)c1CBr. The van der Waals surface area contributed by atoms with E-state index in [1.54, 1.807) is 7.11 Å². The summed E-state index contributed by atoms with van der Waals surface area (Å²) in [5.74, 6) is 0.925. The van der Waals surface area contributed by atoms with Crippen LogP contribution in [0.3, 0.4) is 0 Å². The van der Waals surface area contributed by atoms with Gasteiger partial charge in [-0.2, -0.15) is 0 Å². The molecule has 4 heteroatoms. The number of alkyl halides is 2. The highest BCUT2D eigenvalue weighted by Crippen LogP contribution is 2.32. The Bertz CT molecular complexity index is 299. The van der Waals surface area contributed by atoms with Crippen molar-refractivity contribution in [1.82, 2.24) is 0 Å². The second kappa shape index (κ2) is 5.37. The minimum absolute atomic E-state index is 0.802. The minimum atomic E-state index is 0.802. The summed E-state index contributed by atoms with van der Waals surface area (Å²) in [7, 11) is 1.69. The van der Waals surface area contributed by atoms with Crippen molar-refractivity contribution >= 4 is 47.8 Å². The Morgan fingerprint density at radius 1 is 1.15 bits per heavy atom. The van der Waals surface area contributed by atoms with Gasteiger partial charge in [0.2, 0.25) is 0 Å². The van der Waals surface area contributed by atoms with Gasteiger partial charge in [-0.25, -0.2) is 0 Å². The molecule has 1 rings (SSSR count). The van der Waals surface area contributed by atoms with E-state index in [0.717, 1.165) is 20.9 Å². The Labute approximate surface area is 103 Å². The van der Waals surface area contributed by atoms with E-state index < -0.39 is 0 Å². The van der Waals surface area contributed by atoms with E-state index in [1.807, 2.05) is 12.1 Å². The smallest absolute Gasteiger partial charge is 0.123 e. The molecule has 0 N–H and O–H groups in total. The summed E-state index contributed by atoms with van der Waals surface area (Å²) in [6, 6.07) is 3.97. The highest BCUT2D eigenvalue weighted by molar-refractivity contribution is 9.10. The average Bonchev–Trinajstić information content (AvgIpc) is 2.17. The first-order valence-electron chi connectivity index (χ1n) is 3.70. The molecule has 0 bridgehead atoms. The van der Waals surface area contributed by atoms with E-state index in [4.69, 9.17) is 4.74 Å². The van der Waals surface area contributed by atoms with Crippen LogP contribution in [-0.2, 0) is 10.7 Å². The summed E-state index contributed by atoms with van der Waals surface area (Å²) >= 11 is 10.4. The van der Waals surface area contributed by atoms with Crippen LogP contribution in [0, 0.1) is 0 Å². The fourth-order valence-electron chi connectivity index (χ4n) is 1.13. The van der Waals surface area contributed by atoms with Crippen molar-refractivity contribution in [3.8, 4) is 5.75 Å². The van der Waals surface area contributed by atoms with Gasteiger partial charge >= 0.3 is 0 Å². The lowest BCUT2D eigenvalue weighted by atomic mass is 10.1. The largest absolute Gasteiger partial charge is 0.496 e. The number of halogens is 3. The number of hydrogen-bond acceptors (Lipinski definition) is 1. The van der Waals surface area contributed by atoms with Crippen molar-refractivity contribution in [3.63, 3.8) is 0 Å². The van der Waals surface area contributed by atoms with Crippen LogP contribution in [0.15, 0.2) is 16.6 Å². The topological polar surface area (TPSA) is 9.23 Å². The summed E-state index contributed by atoms with van der Waals surface area (Å²) in [6.07, 6.45) is 0. The molecule has 0 aliphatic heterocycles. The Hall–Kier alpha value is 0.460. The van der Waals surface area contributed by atoms with Gasteiger partial charge in [0.1, 0.15) is 5.75 Å². The van der Waals surface area contributed by atoms with Crippen molar-refractivity contribution in [2.24, 2.45) is 0 Å². The maximum Gasteiger partial charge on any atom is 0.123 e. The Morgan fingerprint density at radius 2 is 1.77 bits per heavy atom. The van der Waals surface area contributed by atoms with Gasteiger partial charge in [0.25, 0.3) is 0 Å². The van der Waals surface area contributed by atoms with Gasteiger partial charge in [0.15, 0.2) is 0 Å². The third kappa shape index (κ3) is 2.48. The number of rotatable bonds is 3. The second-order valence-corrected chi connectivity index (χ2v) is 4.45. The molecule has 1 aromatic carbocycles. The van der Waals surface area contributed by atoms with E-state index in [-0.39, 0.29) is 0 Å². The van der Waals surface area contributed by atoms with E-state index >= 15 is 0 Å². The first kappa shape index (κ1) is 11.5. The normalized spacial score (nSPS) is 10.2. The highest BCUT2D eigenvalue weighted by atomic mass is 79.9. The molecule has 0 atom stereocenters. The van der Waals surface area contributed by atoms with Gasteiger partial charge in [-0.05, 0) is 17.7 Å². The molecular weight excluding hydrogens is 364 g/mol. The molecular formula is C9H9Br3O. The number of benzene rings is 1. The van der Waals surface area contributed by atoms with Crippen LogP contribution in [0.4, 0.5) is 0 Å². The van der Waals surface area contributed by atoms with Crippen LogP contribution in [0.5, 0.6) is 5.75 Å². The van der Waals surface area contributed by atoms with Crippen molar-refractivity contribution in [2.45, 2.75) is 10.7 Å². The minimum Gasteiger partial charge on any atom is -0.496 e. The van der Waals surface area contributed by atoms with Gasteiger partial charge in [-0.15, -0.1) is 0 Å². The molecule has 0 aliphatic rings. The summed E-state index contributed by atoms with van der Waals surface area (Å²) in [4.78, 5) is 0. The standard InChI is InChI=1S/C9H9Br3O/c1-13-9-3-2-8(12)6(4-10)7(9)5-11/h2-3H,4-5H2,1H3. The van der Waals surface area contributed by atoms with E-state index in [0.29, 0.717) is 0 Å². The van der Waals surface area contributed by atoms with Crippen molar-refractivity contribution in [1.29, 1.82) is 0 Å². The summed E-state index contributed by atoms with van der Waals surface area (Å²) in [6.45, 7) is 0. The van der Waals surface area contributed by atoms with E-state index in [2.05, 4.69) is 47.8 Å². The quantitative estimate of drug-likeness (QED) is 0.721. The summed E-state index contributed by atoms with van der Waals surface area (Å²) in [5.41, 5.74) is 2.42. The van der Waals surface area contributed by atoms with Crippen LogP contribution >= 0.6 is 47.8 Å². The molecule has 0 fully saturated rings. The van der Waals surface area contributed by atoms with Crippen LogP contribution in [0.25, 0.3) is 0 Å². The van der Waals surface area contributed by atoms with Crippen molar-refractivity contribution in [2.75, 3.05) is 7.11 Å². The lowest BCUT2D eigenvalue weighted by Crippen LogP contribution is -1.95. The lowest BCUT2D eigenvalue weighted by molar-refractivity contribution is 0.411. The zero-order valence-electron chi connectivity index (χ0n) is 7.11. The summed E-state index contributed by atoms with van der Waals surface area (Å²) in [5, 5.41) is 1.63. The van der Waals surface area contributed by atoms with Gasteiger partial charge in [0.05, 0.1) is 7.11 Å². The maximum absolute atomic E-state index is 5.26. The molecule has 72 valence electrons. The van der Waals surface area contributed by atoms with Crippen LogP contribution in [0.1, 0.15) is 11.1 Å². The molecule has 0 unspecified atom stereocenters. The van der Waals surface area contributed by atoms with Crippen LogP contribution < -0.4 is 4.74 Å². The van der Waals surface area contributed by atoms with Gasteiger partial charge in [-0.1, -0.05) is 47.8 Å². The predicted molar refractivity (Wildman–Crippen MR) is 66.0 cm³/mol. The zero-order chi connectivity index (χ0) is 9.84. The molecule has 0 aliphatic carbocycles. The number of ether oxygens (including phenoxy) is 1. The fraction of sp³-hybridized carbons (Fsp3) is 0.333.